The van der Waals surface area contributed by atoms with Crippen LogP contribution in [0.5, 0.6) is 11.8 Å². The molecule has 6 rings (SSSR count). The highest BCUT2D eigenvalue weighted by Gasteiger charge is 2.35. The SMILES string of the molecule is CCO.Cn1cc(-c2c3cccn(Cc4ccccc4)c-3nc2-c2c(C(F)F)nn3c2OCCC3)c(OC(F)F)n1. The maximum Gasteiger partial charge on any atom is 0.388 e. The summed E-state index contributed by atoms with van der Waals surface area (Å²) in [4.78, 5) is 4.82. The molecule has 1 aromatic carbocycles. The number of aliphatic hydroxyl groups is 1. The molecule has 9 nitrogen and oxygen atoms in total. The number of aryl methyl sites for hydroxylation is 2. The van der Waals surface area contributed by atoms with Crippen LogP contribution in [-0.4, -0.2) is 54.0 Å². The summed E-state index contributed by atoms with van der Waals surface area (Å²) in [6.45, 7) is -0.0116. The van der Waals surface area contributed by atoms with Gasteiger partial charge in [0.15, 0.2) is 0 Å². The topological polar surface area (TPSA) is 92.2 Å². The fourth-order valence-corrected chi connectivity index (χ4v) is 4.84. The third-order valence-corrected chi connectivity index (χ3v) is 6.36. The number of rotatable bonds is 7. The lowest BCUT2D eigenvalue weighted by molar-refractivity contribution is -0.0527. The molecule has 0 aliphatic carbocycles. The van der Waals surface area contributed by atoms with Gasteiger partial charge in [-0.05, 0) is 24.6 Å². The van der Waals surface area contributed by atoms with Gasteiger partial charge in [0.05, 0.1) is 23.4 Å². The Morgan fingerprint density at radius 3 is 2.49 bits per heavy atom. The number of benzene rings is 1. The van der Waals surface area contributed by atoms with Crippen LogP contribution >= 0.6 is 0 Å². The highest BCUT2D eigenvalue weighted by atomic mass is 19.3. The molecular formula is C28H28F4N6O3. The molecule has 0 radical (unpaired) electrons. The third kappa shape index (κ3) is 5.62. The monoisotopic (exact) mass is 572 g/mol. The van der Waals surface area contributed by atoms with Gasteiger partial charge in [-0.25, -0.2) is 18.4 Å². The lowest BCUT2D eigenvalue weighted by atomic mass is 9.98. The standard InChI is InChI=1S/C26H22F4N6O2.C2H6O/c1-34-14-17(24(33-34)38-26(29)30)18-16-9-5-10-35(13-15-7-3-2-4-8-15)23(16)31-20(18)19-21(22(27)28)32-36-11-6-12-37-25(19)36;1-2-3/h2-5,7-10,14,22,26H,6,11-13H2,1H3;3H,2H2,1H3. The molecule has 5 heterocycles. The van der Waals surface area contributed by atoms with Crippen LogP contribution in [0.15, 0.2) is 54.9 Å². The van der Waals surface area contributed by atoms with Crippen LogP contribution in [0, 0.1) is 0 Å². The van der Waals surface area contributed by atoms with E-state index in [1.54, 1.807) is 26.1 Å². The van der Waals surface area contributed by atoms with Crippen LogP contribution in [0.3, 0.4) is 0 Å². The van der Waals surface area contributed by atoms with Crippen molar-refractivity contribution in [1.82, 2.24) is 29.1 Å². The summed E-state index contributed by atoms with van der Waals surface area (Å²) in [6, 6.07) is 13.2. The second kappa shape index (κ2) is 12.0. The Balaban J connectivity index is 0.00000108. The average Bonchev–Trinajstić information content (AvgIpc) is 3.62. The van der Waals surface area contributed by atoms with E-state index in [0.29, 0.717) is 43.1 Å². The Morgan fingerprint density at radius 1 is 1.02 bits per heavy atom. The zero-order chi connectivity index (χ0) is 29.1. The molecule has 1 N–H and O–H groups in total. The van der Waals surface area contributed by atoms with Gasteiger partial charge in [-0.3, -0.25) is 4.68 Å². The van der Waals surface area contributed by atoms with Crippen molar-refractivity contribution in [1.29, 1.82) is 0 Å². The second-order valence-electron chi connectivity index (χ2n) is 9.20. The van der Waals surface area contributed by atoms with E-state index in [4.69, 9.17) is 19.6 Å². The summed E-state index contributed by atoms with van der Waals surface area (Å²) in [6.07, 6.45) is 1.03. The predicted octanol–water partition coefficient (Wildman–Crippen LogP) is 5.62. The number of hydrogen-bond acceptors (Lipinski definition) is 6. The summed E-state index contributed by atoms with van der Waals surface area (Å²) in [5.41, 5.74) is 1.76. The third-order valence-electron chi connectivity index (χ3n) is 6.36. The van der Waals surface area contributed by atoms with E-state index >= 15 is 0 Å². The summed E-state index contributed by atoms with van der Waals surface area (Å²) in [5, 5.41) is 15.7. The van der Waals surface area contributed by atoms with Crippen LogP contribution in [0.4, 0.5) is 17.6 Å². The quantitative estimate of drug-likeness (QED) is 0.255. The van der Waals surface area contributed by atoms with Gasteiger partial charge in [0, 0.05) is 56.7 Å². The lowest BCUT2D eigenvalue weighted by Gasteiger charge is -2.16. The number of pyridine rings is 1. The van der Waals surface area contributed by atoms with E-state index in [1.807, 2.05) is 41.1 Å². The first-order chi connectivity index (χ1) is 19.8. The summed E-state index contributed by atoms with van der Waals surface area (Å²) >= 11 is 0. The molecule has 0 bridgehead atoms. The molecule has 3 aliphatic heterocycles. The van der Waals surface area contributed by atoms with E-state index in [2.05, 4.69) is 10.2 Å². The first-order valence-electron chi connectivity index (χ1n) is 13.0. The van der Waals surface area contributed by atoms with Crippen LogP contribution in [-0.2, 0) is 20.1 Å². The smallest absolute Gasteiger partial charge is 0.388 e. The van der Waals surface area contributed by atoms with Crippen molar-refractivity contribution in [3.63, 3.8) is 0 Å². The molecule has 0 amide bonds. The van der Waals surface area contributed by atoms with Gasteiger partial charge in [-0.2, -0.15) is 13.9 Å². The van der Waals surface area contributed by atoms with E-state index in [0.717, 1.165) is 5.56 Å². The van der Waals surface area contributed by atoms with Gasteiger partial charge < -0.3 is 19.1 Å². The van der Waals surface area contributed by atoms with E-state index in [9.17, 15) is 17.6 Å². The van der Waals surface area contributed by atoms with Gasteiger partial charge in [0.2, 0.25) is 11.8 Å². The fourth-order valence-electron chi connectivity index (χ4n) is 4.84. The Bertz CT molecular complexity index is 1580. The zero-order valence-electron chi connectivity index (χ0n) is 22.3. The Labute approximate surface area is 232 Å². The van der Waals surface area contributed by atoms with Crippen molar-refractivity contribution in [3.05, 3.63) is 66.1 Å². The van der Waals surface area contributed by atoms with Crippen molar-refractivity contribution in [3.8, 4) is 45.5 Å². The molecule has 216 valence electrons. The van der Waals surface area contributed by atoms with Gasteiger partial charge in [0.1, 0.15) is 11.5 Å². The molecule has 41 heavy (non-hydrogen) atoms. The molecule has 0 fully saturated rings. The number of halogens is 4. The maximum atomic E-state index is 14.3. The number of aromatic nitrogens is 6. The maximum absolute atomic E-state index is 14.3. The molecule has 0 saturated heterocycles. The van der Waals surface area contributed by atoms with E-state index < -0.39 is 18.7 Å². The summed E-state index contributed by atoms with van der Waals surface area (Å²) in [5.74, 6) is 0.312. The van der Waals surface area contributed by atoms with Crippen LogP contribution in [0.1, 0.15) is 31.0 Å². The first-order valence-corrected chi connectivity index (χ1v) is 13.0. The van der Waals surface area contributed by atoms with Crippen LogP contribution < -0.4 is 9.47 Å². The van der Waals surface area contributed by atoms with Gasteiger partial charge in [0.25, 0.3) is 6.43 Å². The normalized spacial score (nSPS) is 12.8. The first kappa shape index (κ1) is 28.1. The molecular weight excluding hydrogens is 544 g/mol. The number of aliphatic hydroxyl groups excluding tert-OH is 1. The Morgan fingerprint density at radius 2 is 1.78 bits per heavy atom. The van der Waals surface area contributed by atoms with Crippen molar-refractivity contribution < 1.29 is 32.1 Å². The largest absolute Gasteiger partial charge is 0.477 e. The number of alkyl halides is 4. The van der Waals surface area contributed by atoms with Gasteiger partial charge in [-0.15, -0.1) is 5.10 Å². The summed E-state index contributed by atoms with van der Waals surface area (Å²) in [7, 11) is 1.56. The minimum absolute atomic E-state index is 0.0315. The molecule has 3 aromatic rings. The number of hydrogen-bond donors (Lipinski definition) is 1. The second-order valence-corrected chi connectivity index (χ2v) is 9.20. The Kier molecular flexibility index (Phi) is 8.24. The number of nitrogens with zero attached hydrogens (tertiary/aromatic N) is 6. The van der Waals surface area contributed by atoms with Crippen LogP contribution in [0.25, 0.3) is 33.8 Å². The molecule has 0 spiro atoms. The van der Waals surface area contributed by atoms with E-state index in [-0.39, 0.29) is 35.2 Å². The fraction of sp³-hybridized carbons (Fsp3) is 0.321. The Hall–Kier alpha value is -4.39. The number of fused-ring (bicyclic) bond motifs is 2. The molecule has 0 unspecified atom stereocenters. The molecule has 0 atom stereocenters. The van der Waals surface area contributed by atoms with Crippen molar-refractivity contribution in [2.75, 3.05) is 13.2 Å². The summed E-state index contributed by atoms with van der Waals surface area (Å²) < 4.78 is 70.4. The molecule has 13 heteroatoms. The van der Waals surface area contributed by atoms with Gasteiger partial charge in [-0.1, -0.05) is 30.3 Å². The molecule has 2 aromatic heterocycles. The van der Waals surface area contributed by atoms with Crippen molar-refractivity contribution in [2.24, 2.45) is 7.05 Å². The number of ether oxygens (including phenoxy) is 2. The van der Waals surface area contributed by atoms with Crippen molar-refractivity contribution >= 4 is 0 Å². The van der Waals surface area contributed by atoms with Crippen molar-refractivity contribution in [2.45, 2.75) is 39.5 Å². The predicted molar refractivity (Wildman–Crippen MR) is 142 cm³/mol. The van der Waals surface area contributed by atoms with Gasteiger partial charge >= 0.3 is 6.61 Å². The minimum atomic E-state index is -3.13. The van der Waals surface area contributed by atoms with Crippen LogP contribution in [0.2, 0.25) is 0 Å². The highest BCUT2D eigenvalue weighted by molar-refractivity contribution is 5.97. The average molecular weight is 573 g/mol. The molecule has 3 aliphatic rings. The minimum Gasteiger partial charge on any atom is -0.477 e. The van der Waals surface area contributed by atoms with E-state index in [1.165, 1.54) is 15.6 Å². The zero-order valence-corrected chi connectivity index (χ0v) is 22.3. The molecule has 0 saturated carbocycles. The highest BCUT2D eigenvalue weighted by Crippen LogP contribution is 2.49. The lowest BCUT2D eigenvalue weighted by Crippen LogP contribution is -2.15.